The maximum absolute atomic E-state index is 12.4. The quantitative estimate of drug-likeness (QED) is 0.835. The SMILES string of the molecule is CCCCS(=O)(=O)N1C[C@H]2CC[C@]1(C)[C@H](C(=O)O)C2. The Balaban J connectivity index is 2.29. The van der Waals surface area contributed by atoms with Gasteiger partial charge in [0.1, 0.15) is 0 Å². The highest BCUT2D eigenvalue weighted by molar-refractivity contribution is 7.89. The molecule has 0 aromatic heterocycles. The first-order valence-corrected chi connectivity index (χ1v) is 8.65. The zero-order chi connectivity index (χ0) is 14.3. The molecule has 6 heteroatoms. The average molecular weight is 289 g/mol. The van der Waals surface area contributed by atoms with Crippen molar-refractivity contribution in [2.45, 2.75) is 51.5 Å². The number of piperidine rings is 2. The first-order chi connectivity index (χ1) is 8.81. The van der Waals surface area contributed by atoms with E-state index in [9.17, 15) is 18.3 Å². The Hall–Kier alpha value is -0.620. The van der Waals surface area contributed by atoms with E-state index in [2.05, 4.69) is 0 Å². The van der Waals surface area contributed by atoms with Crippen molar-refractivity contribution in [2.75, 3.05) is 12.3 Å². The Kier molecular flexibility index (Phi) is 3.93. The fraction of sp³-hybridized carbons (Fsp3) is 0.923. The van der Waals surface area contributed by atoms with Gasteiger partial charge in [-0.2, -0.15) is 4.31 Å². The van der Waals surface area contributed by atoms with Gasteiger partial charge in [0, 0.05) is 12.1 Å². The van der Waals surface area contributed by atoms with E-state index in [-0.39, 0.29) is 11.7 Å². The average Bonchev–Trinajstić information content (AvgIpc) is 2.35. The van der Waals surface area contributed by atoms with Crippen LogP contribution >= 0.6 is 0 Å². The van der Waals surface area contributed by atoms with Crippen LogP contribution in [-0.2, 0) is 14.8 Å². The molecule has 2 aliphatic heterocycles. The lowest BCUT2D eigenvalue weighted by Gasteiger charge is -2.54. The molecule has 0 unspecified atom stereocenters. The Bertz CT molecular complexity index is 461. The summed E-state index contributed by atoms with van der Waals surface area (Å²) in [6, 6.07) is 0. The van der Waals surface area contributed by atoms with Crippen molar-refractivity contribution in [1.82, 2.24) is 4.31 Å². The van der Waals surface area contributed by atoms with E-state index in [4.69, 9.17) is 0 Å². The fourth-order valence-electron chi connectivity index (χ4n) is 3.52. The molecule has 0 spiro atoms. The molecule has 0 aromatic carbocycles. The zero-order valence-electron chi connectivity index (χ0n) is 11.6. The molecule has 5 nitrogen and oxygen atoms in total. The second-order valence-corrected chi connectivity index (χ2v) is 8.10. The molecule has 0 aromatic rings. The number of rotatable bonds is 5. The number of sulfonamides is 1. The summed E-state index contributed by atoms with van der Waals surface area (Å²) in [6.07, 6.45) is 3.69. The number of unbranched alkanes of at least 4 members (excludes halogenated alkanes) is 1. The topological polar surface area (TPSA) is 74.7 Å². The summed E-state index contributed by atoms with van der Waals surface area (Å²) >= 11 is 0. The van der Waals surface area contributed by atoms with Crippen molar-refractivity contribution in [3.63, 3.8) is 0 Å². The molecule has 1 N–H and O–H groups in total. The Morgan fingerprint density at radius 1 is 1.47 bits per heavy atom. The van der Waals surface area contributed by atoms with E-state index in [1.165, 1.54) is 4.31 Å². The van der Waals surface area contributed by atoms with Crippen LogP contribution in [0.25, 0.3) is 0 Å². The van der Waals surface area contributed by atoms with E-state index >= 15 is 0 Å². The number of hydrogen-bond acceptors (Lipinski definition) is 3. The molecule has 3 fully saturated rings. The van der Waals surface area contributed by atoms with Gasteiger partial charge in [0.15, 0.2) is 0 Å². The third kappa shape index (κ3) is 2.52. The van der Waals surface area contributed by atoms with Gasteiger partial charge in [0.05, 0.1) is 11.7 Å². The first kappa shape index (κ1) is 14.8. The molecule has 2 saturated heterocycles. The van der Waals surface area contributed by atoms with Gasteiger partial charge in [0.2, 0.25) is 10.0 Å². The summed E-state index contributed by atoms with van der Waals surface area (Å²) in [4.78, 5) is 11.4. The molecule has 0 radical (unpaired) electrons. The van der Waals surface area contributed by atoms with Crippen molar-refractivity contribution in [3.8, 4) is 0 Å². The highest BCUT2D eigenvalue weighted by Gasteiger charge is 2.56. The van der Waals surface area contributed by atoms with Gasteiger partial charge in [-0.15, -0.1) is 0 Å². The van der Waals surface area contributed by atoms with E-state index in [1.54, 1.807) is 0 Å². The third-order valence-electron chi connectivity index (χ3n) is 4.76. The fourth-order valence-corrected chi connectivity index (χ4v) is 5.68. The van der Waals surface area contributed by atoms with Crippen LogP contribution in [0.15, 0.2) is 0 Å². The molecular weight excluding hydrogens is 266 g/mol. The van der Waals surface area contributed by atoms with Gasteiger partial charge in [0.25, 0.3) is 0 Å². The van der Waals surface area contributed by atoms with Gasteiger partial charge in [-0.25, -0.2) is 8.42 Å². The minimum Gasteiger partial charge on any atom is -0.481 e. The normalized spacial score (nSPS) is 35.5. The molecule has 3 atom stereocenters. The van der Waals surface area contributed by atoms with Crippen molar-refractivity contribution in [3.05, 3.63) is 0 Å². The summed E-state index contributed by atoms with van der Waals surface area (Å²) < 4.78 is 26.4. The highest BCUT2D eigenvalue weighted by atomic mass is 32.2. The minimum absolute atomic E-state index is 0.137. The Labute approximate surface area is 115 Å². The van der Waals surface area contributed by atoms with E-state index in [0.29, 0.717) is 25.8 Å². The second-order valence-electron chi connectivity index (χ2n) is 6.09. The van der Waals surface area contributed by atoms with Crippen LogP contribution < -0.4 is 0 Å². The Morgan fingerprint density at radius 2 is 2.16 bits per heavy atom. The number of carbonyl (C=O) groups is 1. The maximum Gasteiger partial charge on any atom is 0.308 e. The predicted octanol–water partition coefficient (Wildman–Crippen LogP) is 1.69. The van der Waals surface area contributed by atoms with E-state index < -0.39 is 27.4 Å². The van der Waals surface area contributed by atoms with Crippen LogP contribution in [0.5, 0.6) is 0 Å². The molecule has 1 saturated carbocycles. The standard InChI is InChI=1S/C13H23NO4S/c1-3-4-7-19(17,18)14-9-10-5-6-13(14,2)11(8-10)12(15)16/h10-11H,3-9H2,1-2H3,(H,15,16)/t10-,11-,13+/m0/s1. The van der Waals surface area contributed by atoms with Crippen molar-refractivity contribution in [2.24, 2.45) is 11.8 Å². The number of fused-ring (bicyclic) bond motifs is 3. The van der Waals surface area contributed by atoms with Crippen molar-refractivity contribution < 1.29 is 18.3 Å². The minimum atomic E-state index is -3.33. The summed E-state index contributed by atoms with van der Waals surface area (Å²) in [6.45, 7) is 4.27. The number of nitrogens with zero attached hydrogens (tertiary/aromatic N) is 1. The van der Waals surface area contributed by atoms with Crippen molar-refractivity contribution >= 4 is 16.0 Å². The van der Waals surface area contributed by atoms with Crippen LogP contribution in [0.3, 0.4) is 0 Å². The number of carboxylic acids is 1. The molecule has 3 rings (SSSR count). The molecule has 1 aliphatic carbocycles. The first-order valence-electron chi connectivity index (χ1n) is 7.04. The highest BCUT2D eigenvalue weighted by Crippen LogP contribution is 2.48. The molecule has 2 heterocycles. The third-order valence-corrected chi connectivity index (χ3v) is 6.80. The Morgan fingerprint density at radius 3 is 2.74 bits per heavy atom. The molecule has 2 bridgehead atoms. The second kappa shape index (κ2) is 5.05. The summed E-state index contributed by atoms with van der Waals surface area (Å²) in [5.74, 6) is -1.07. The summed E-state index contributed by atoms with van der Waals surface area (Å²) in [5.41, 5.74) is -0.729. The van der Waals surface area contributed by atoms with Gasteiger partial charge in [-0.05, 0) is 38.5 Å². The zero-order valence-corrected chi connectivity index (χ0v) is 12.4. The summed E-state index contributed by atoms with van der Waals surface area (Å²) in [7, 11) is -3.33. The van der Waals surface area contributed by atoms with Gasteiger partial charge < -0.3 is 5.11 Å². The molecule has 19 heavy (non-hydrogen) atoms. The van der Waals surface area contributed by atoms with Gasteiger partial charge >= 0.3 is 5.97 Å². The summed E-state index contributed by atoms with van der Waals surface area (Å²) in [5, 5.41) is 9.36. The number of carboxylic acid groups (broad SMARTS) is 1. The maximum atomic E-state index is 12.4. The largest absolute Gasteiger partial charge is 0.481 e. The van der Waals surface area contributed by atoms with E-state index in [0.717, 1.165) is 12.8 Å². The molecular formula is C13H23NO4S. The van der Waals surface area contributed by atoms with E-state index in [1.807, 2.05) is 13.8 Å². The lowest BCUT2D eigenvalue weighted by molar-refractivity contribution is -0.153. The lowest BCUT2D eigenvalue weighted by atomic mass is 9.66. The van der Waals surface area contributed by atoms with Crippen molar-refractivity contribution in [1.29, 1.82) is 0 Å². The van der Waals surface area contributed by atoms with Crippen LogP contribution in [0.1, 0.15) is 46.0 Å². The monoisotopic (exact) mass is 289 g/mol. The molecule has 110 valence electrons. The van der Waals surface area contributed by atoms with Crippen LogP contribution in [-0.4, -0.2) is 41.6 Å². The predicted molar refractivity (Wildman–Crippen MR) is 72.3 cm³/mol. The van der Waals surface area contributed by atoms with Crippen LogP contribution in [0.4, 0.5) is 0 Å². The number of hydrogen-bond donors (Lipinski definition) is 1. The molecule has 3 aliphatic rings. The van der Waals surface area contributed by atoms with Gasteiger partial charge in [-0.1, -0.05) is 13.3 Å². The van der Waals surface area contributed by atoms with Crippen LogP contribution in [0.2, 0.25) is 0 Å². The lowest BCUT2D eigenvalue weighted by Crippen LogP contribution is -2.65. The van der Waals surface area contributed by atoms with Gasteiger partial charge in [-0.3, -0.25) is 4.79 Å². The van der Waals surface area contributed by atoms with Crippen LogP contribution in [0, 0.1) is 11.8 Å². The molecule has 0 amide bonds. The number of aliphatic carboxylic acids is 1. The smallest absolute Gasteiger partial charge is 0.308 e.